The van der Waals surface area contributed by atoms with E-state index >= 15 is 0 Å². The zero-order valence-corrected chi connectivity index (χ0v) is 15.7. The first kappa shape index (κ1) is 18.9. The van der Waals surface area contributed by atoms with Gasteiger partial charge in [0, 0.05) is 40.8 Å². The maximum Gasteiger partial charge on any atom is 0.281 e. The maximum atomic E-state index is 12.7. The molecule has 0 saturated carbocycles. The van der Waals surface area contributed by atoms with Crippen LogP contribution in [0.2, 0.25) is 0 Å². The molecule has 6 nitrogen and oxygen atoms in total. The van der Waals surface area contributed by atoms with Gasteiger partial charge < -0.3 is 4.90 Å². The molecule has 1 saturated heterocycles. The molecule has 0 N–H and O–H groups in total. The molecule has 1 amide bonds. The minimum atomic E-state index is -3.46. The normalized spacial score (nSPS) is 19.5. The molecule has 1 unspecified atom stereocenters. The first-order valence-electron chi connectivity index (χ1n) is 8.20. The molecule has 1 atom stereocenters. The number of hydrogen-bond donors (Lipinski definition) is 0. The molecule has 0 aromatic heterocycles. The number of carbonyl (C=O) groups excluding carboxylic acids is 1. The fourth-order valence-corrected chi connectivity index (χ4v) is 4.13. The van der Waals surface area contributed by atoms with Crippen molar-refractivity contribution in [2.24, 2.45) is 5.92 Å². The van der Waals surface area contributed by atoms with Crippen molar-refractivity contribution in [2.45, 2.75) is 26.3 Å². The van der Waals surface area contributed by atoms with Gasteiger partial charge in [-0.15, -0.1) is 0 Å². The van der Waals surface area contributed by atoms with Gasteiger partial charge in [0.1, 0.15) is 0 Å². The second-order valence-electron chi connectivity index (χ2n) is 6.67. The summed E-state index contributed by atoms with van der Waals surface area (Å²) in [6.07, 6.45) is 1.44. The molecule has 1 fully saturated rings. The third-order valence-corrected chi connectivity index (χ3v) is 6.34. The number of rotatable bonds is 5. The Morgan fingerprint density at radius 3 is 2.42 bits per heavy atom. The van der Waals surface area contributed by atoms with Crippen LogP contribution in [0.5, 0.6) is 0 Å². The highest BCUT2D eigenvalue weighted by atomic mass is 32.2. The van der Waals surface area contributed by atoms with E-state index in [-0.39, 0.29) is 18.4 Å². The Labute approximate surface area is 145 Å². The molecule has 1 aliphatic rings. The van der Waals surface area contributed by atoms with Crippen molar-refractivity contribution in [1.82, 2.24) is 13.5 Å². The van der Waals surface area contributed by atoms with Crippen LogP contribution >= 0.6 is 0 Å². The Hall–Kier alpha value is -1.44. The number of aryl methyl sites for hydroxylation is 1. The second kappa shape index (κ2) is 7.63. The van der Waals surface area contributed by atoms with E-state index in [0.29, 0.717) is 19.5 Å². The van der Waals surface area contributed by atoms with Gasteiger partial charge in [-0.25, -0.2) is 0 Å². The maximum absolute atomic E-state index is 12.7. The first-order valence-corrected chi connectivity index (χ1v) is 9.59. The van der Waals surface area contributed by atoms with Gasteiger partial charge in [0.25, 0.3) is 10.2 Å². The molecule has 134 valence electrons. The molecule has 1 aliphatic heterocycles. The van der Waals surface area contributed by atoms with Gasteiger partial charge in [0.2, 0.25) is 5.91 Å². The molecule has 24 heavy (non-hydrogen) atoms. The lowest BCUT2D eigenvalue weighted by molar-refractivity contribution is -0.135. The third kappa shape index (κ3) is 4.34. The van der Waals surface area contributed by atoms with Gasteiger partial charge in [-0.05, 0) is 25.3 Å². The highest BCUT2D eigenvalue weighted by molar-refractivity contribution is 7.86. The molecule has 0 spiro atoms. The van der Waals surface area contributed by atoms with Crippen LogP contribution in [-0.4, -0.2) is 62.1 Å². The standard InChI is InChI=1S/C17H27N3O3S/c1-14-7-9-15(10-8-14)12-19(4)17(21)16-6-5-11-20(13-16)24(22,23)18(2)3/h7-10,16H,5-6,11-13H2,1-4H3. The SMILES string of the molecule is Cc1ccc(CN(C)C(=O)C2CCCN(S(=O)(=O)N(C)C)C2)cc1. The van der Waals surface area contributed by atoms with E-state index in [2.05, 4.69) is 0 Å². The van der Waals surface area contributed by atoms with Crippen LogP contribution in [0.25, 0.3) is 0 Å². The number of nitrogens with zero attached hydrogens (tertiary/aromatic N) is 3. The molecule has 1 aromatic rings. The van der Waals surface area contributed by atoms with Crippen LogP contribution in [0.4, 0.5) is 0 Å². The van der Waals surface area contributed by atoms with Gasteiger partial charge in [0.15, 0.2) is 0 Å². The van der Waals surface area contributed by atoms with E-state index < -0.39 is 10.2 Å². The predicted octanol–water partition coefficient (Wildman–Crippen LogP) is 1.47. The first-order chi connectivity index (χ1) is 11.2. The summed E-state index contributed by atoms with van der Waals surface area (Å²) in [5, 5.41) is 0. The summed E-state index contributed by atoms with van der Waals surface area (Å²) in [6.45, 7) is 3.31. The fraction of sp³-hybridized carbons (Fsp3) is 0.588. The van der Waals surface area contributed by atoms with Gasteiger partial charge in [-0.2, -0.15) is 17.0 Å². The molecule has 0 bridgehead atoms. The molecule has 1 heterocycles. The largest absolute Gasteiger partial charge is 0.341 e. The summed E-state index contributed by atoms with van der Waals surface area (Å²) in [6, 6.07) is 8.09. The smallest absolute Gasteiger partial charge is 0.281 e. The third-order valence-electron chi connectivity index (χ3n) is 4.44. The Bertz CT molecular complexity index is 671. The summed E-state index contributed by atoms with van der Waals surface area (Å²) < 4.78 is 27.2. The lowest BCUT2D eigenvalue weighted by Crippen LogP contribution is -2.48. The Morgan fingerprint density at radius 2 is 1.83 bits per heavy atom. The fourth-order valence-electron chi connectivity index (χ4n) is 2.94. The van der Waals surface area contributed by atoms with Crippen molar-refractivity contribution in [2.75, 3.05) is 34.2 Å². The number of piperidine rings is 1. The van der Waals surface area contributed by atoms with Crippen molar-refractivity contribution >= 4 is 16.1 Å². The summed E-state index contributed by atoms with van der Waals surface area (Å²) in [4.78, 5) is 14.4. The van der Waals surface area contributed by atoms with E-state index in [1.807, 2.05) is 31.2 Å². The Kier molecular flexibility index (Phi) is 6.01. The zero-order valence-electron chi connectivity index (χ0n) is 14.9. The van der Waals surface area contributed by atoms with E-state index in [9.17, 15) is 13.2 Å². The van der Waals surface area contributed by atoms with Crippen LogP contribution in [0.15, 0.2) is 24.3 Å². The monoisotopic (exact) mass is 353 g/mol. The molecule has 1 aromatic carbocycles. The summed E-state index contributed by atoms with van der Waals surface area (Å²) in [5.41, 5.74) is 2.26. The molecule has 2 rings (SSSR count). The number of carbonyl (C=O) groups is 1. The lowest BCUT2D eigenvalue weighted by Gasteiger charge is -2.34. The topological polar surface area (TPSA) is 60.9 Å². The van der Waals surface area contributed by atoms with E-state index in [1.165, 1.54) is 28.3 Å². The molecule has 0 aliphatic carbocycles. The number of amides is 1. The minimum absolute atomic E-state index is 0.00855. The van der Waals surface area contributed by atoms with Crippen molar-refractivity contribution in [3.8, 4) is 0 Å². The highest BCUT2D eigenvalue weighted by Gasteiger charge is 2.34. The van der Waals surface area contributed by atoms with Crippen LogP contribution in [0.3, 0.4) is 0 Å². The summed E-state index contributed by atoms with van der Waals surface area (Å²) >= 11 is 0. The summed E-state index contributed by atoms with van der Waals surface area (Å²) in [7, 11) is 1.36. The van der Waals surface area contributed by atoms with Crippen LogP contribution in [0.1, 0.15) is 24.0 Å². The van der Waals surface area contributed by atoms with E-state index in [1.54, 1.807) is 11.9 Å². The number of hydrogen-bond acceptors (Lipinski definition) is 3. The quantitative estimate of drug-likeness (QED) is 0.805. The van der Waals surface area contributed by atoms with Crippen molar-refractivity contribution in [3.63, 3.8) is 0 Å². The van der Waals surface area contributed by atoms with Crippen LogP contribution < -0.4 is 0 Å². The second-order valence-corrected chi connectivity index (χ2v) is 8.81. The van der Waals surface area contributed by atoms with E-state index in [0.717, 1.165) is 12.0 Å². The van der Waals surface area contributed by atoms with Gasteiger partial charge in [-0.1, -0.05) is 29.8 Å². The molecule has 0 radical (unpaired) electrons. The predicted molar refractivity (Wildman–Crippen MR) is 94.6 cm³/mol. The summed E-state index contributed by atoms with van der Waals surface area (Å²) in [5.74, 6) is -0.266. The van der Waals surface area contributed by atoms with E-state index in [4.69, 9.17) is 0 Å². The van der Waals surface area contributed by atoms with Crippen molar-refractivity contribution < 1.29 is 13.2 Å². The van der Waals surface area contributed by atoms with Crippen LogP contribution in [0, 0.1) is 12.8 Å². The molecular weight excluding hydrogens is 326 g/mol. The Morgan fingerprint density at radius 1 is 1.21 bits per heavy atom. The van der Waals surface area contributed by atoms with Crippen LogP contribution in [-0.2, 0) is 21.5 Å². The molecule has 7 heteroatoms. The zero-order chi connectivity index (χ0) is 17.9. The van der Waals surface area contributed by atoms with Gasteiger partial charge >= 0.3 is 0 Å². The average molecular weight is 353 g/mol. The van der Waals surface area contributed by atoms with Gasteiger partial charge in [-0.3, -0.25) is 4.79 Å². The van der Waals surface area contributed by atoms with Crippen molar-refractivity contribution in [3.05, 3.63) is 35.4 Å². The van der Waals surface area contributed by atoms with Gasteiger partial charge in [0.05, 0.1) is 5.92 Å². The van der Waals surface area contributed by atoms with Crippen molar-refractivity contribution in [1.29, 1.82) is 0 Å². The average Bonchev–Trinajstić information content (AvgIpc) is 2.56. The molecular formula is C17H27N3O3S. The Balaban J connectivity index is 2.02. The highest BCUT2D eigenvalue weighted by Crippen LogP contribution is 2.22. The lowest BCUT2D eigenvalue weighted by atomic mass is 9.98. The number of benzene rings is 1. The minimum Gasteiger partial charge on any atom is -0.341 e.